The lowest BCUT2D eigenvalue weighted by atomic mass is 9.47. The van der Waals surface area contributed by atoms with Gasteiger partial charge in [0.25, 0.3) is 0 Å². The first kappa shape index (κ1) is 23.9. The largest absolute Gasteiger partial charge is 0.496 e. The van der Waals surface area contributed by atoms with E-state index in [0.29, 0.717) is 6.61 Å². The highest BCUT2D eigenvalue weighted by molar-refractivity contribution is 5.89. The van der Waals surface area contributed by atoms with Crippen LogP contribution in [0.25, 0.3) is 11.6 Å². The maximum absolute atomic E-state index is 11.2. The molecule has 1 N–H and O–H groups in total. The minimum absolute atomic E-state index is 0.0983. The number of aromatic carboxylic acids is 1. The Hall–Kier alpha value is -2.79. The van der Waals surface area contributed by atoms with Crippen molar-refractivity contribution in [3.63, 3.8) is 0 Å². The highest BCUT2D eigenvalue weighted by Crippen LogP contribution is 2.63. The van der Waals surface area contributed by atoms with Crippen molar-refractivity contribution in [2.75, 3.05) is 20.5 Å². The van der Waals surface area contributed by atoms with E-state index in [0.717, 1.165) is 46.0 Å². The third kappa shape index (κ3) is 4.58. The van der Waals surface area contributed by atoms with E-state index in [9.17, 15) is 9.90 Å². The van der Waals surface area contributed by atoms with Gasteiger partial charge in [0.05, 0.1) is 12.7 Å². The maximum atomic E-state index is 11.2. The SMILES string of the molecule is CCOCOc1c(C(C)=Cc2ccc(C(=O)O)cc2)ccc(OC)c1C12CC3CC(CC(C3)C1)C2. The molecule has 35 heavy (non-hydrogen) atoms. The second-order valence-electron chi connectivity index (χ2n) is 10.7. The van der Waals surface area contributed by atoms with E-state index in [2.05, 4.69) is 25.1 Å². The molecule has 4 saturated carbocycles. The summed E-state index contributed by atoms with van der Waals surface area (Å²) in [6.07, 6.45) is 9.85. The van der Waals surface area contributed by atoms with Gasteiger partial charge >= 0.3 is 5.97 Å². The molecule has 4 bridgehead atoms. The van der Waals surface area contributed by atoms with Crippen LogP contribution in [0, 0.1) is 17.8 Å². The molecule has 4 fully saturated rings. The van der Waals surface area contributed by atoms with E-state index in [4.69, 9.17) is 14.2 Å². The molecule has 2 aromatic rings. The highest BCUT2D eigenvalue weighted by atomic mass is 16.7. The van der Waals surface area contributed by atoms with Crippen LogP contribution in [-0.2, 0) is 10.2 Å². The first-order valence-corrected chi connectivity index (χ1v) is 12.9. The third-order valence-electron chi connectivity index (χ3n) is 8.36. The second-order valence-corrected chi connectivity index (χ2v) is 10.7. The molecule has 186 valence electrons. The highest BCUT2D eigenvalue weighted by Gasteiger charge is 2.53. The molecule has 0 amide bonds. The molecule has 0 unspecified atom stereocenters. The number of hydrogen-bond donors (Lipinski definition) is 1. The Kier molecular flexibility index (Phi) is 6.63. The van der Waals surface area contributed by atoms with E-state index in [1.54, 1.807) is 19.2 Å². The molecule has 4 aliphatic carbocycles. The summed E-state index contributed by atoms with van der Waals surface area (Å²) in [4.78, 5) is 11.2. The molecular weight excluding hydrogens is 440 g/mol. The Morgan fingerprint density at radius 1 is 1.03 bits per heavy atom. The number of allylic oxidation sites excluding steroid dienone is 1. The van der Waals surface area contributed by atoms with Gasteiger partial charge in [0.15, 0.2) is 6.79 Å². The van der Waals surface area contributed by atoms with Gasteiger partial charge < -0.3 is 19.3 Å². The van der Waals surface area contributed by atoms with E-state index >= 15 is 0 Å². The van der Waals surface area contributed by atoms with Gasteiger partial charge in [-0.2, -0.15) is 0 Å². The van der Waals surface area contributed by atoms with Crippen molar-refractivity contribution < 1.29 is 24.1 Å². The van der Waals surface area contributed by atoms with Crippen molar-refractivity contribution >= 4 is 17.6 Å². The number of ether oxygens (including phenoxy) is 3. The first-order chi connectivity index (χ1) is 16.9. The number of carboxylic acids is 1. The molecule has 0 spiro atoms. The fourth-order valence-electron chi connectivity index (χ4n) is 7.35. The van der Waals surface area contributed by atoms with Crippen molar-refractivity contribution in [3.8, 4) is 11.5 Å². The molecule has 0 aliphatic heterocycles. The number of hydrogen-bond acceptors (Lipinski definition) is 4. The van der Waals surface area contributed by atoms with Gasteiger partial charge in [-0.25, -0.2) is 4.79 Å². The number of carbonyl (C=O) groups is 1. The second kappa shape index (κ2) is 9.69. The van der Waals surface area contributed by atoms with Crippen LogP contribution in [-0.4, -0.2) is 31.6 Å². The van der Waals surface area contributed by atoms with Crippen LogP contribution in [0.4, 0.5) is 0 Å². The lowest BCUT2D eigenvalue weighted by Crippen LogP contribution is -2.48. The monoisotopic (exact) mass is 476 g/mol. The average molecular weight is 477 g/mol. The zero-order valence-electron chi connectivity index (χ0n) is 21.0. The number of methoxy groups -OCH3 is 1. The minimum atomic E-state index is -0.917. The number of rotatable bonds is 9. The third-order valence-corrected chi connectivity index (χ3v) is 8.36. The Morgan fingerprint density at radius 3 is 2.20 bits per heavy atom. The lowest BCUT2D eigenvalue weighted by Gasteiger charge is -2.57. The first-order valence-electron chi connectivity index (χ1n) is 12.9. The van der Waals surface area contributed by atoms with E-state index in [-0.39, 0.29) is 17.8 Å². The van der Waals surface area contributed by atoms with E-state index in [1.165, 1.54) is 44.1 Å². The van der Waals surface area contributed by atoms with Crippen LogP contribution in [0.2, 0.25) is 0 Å². The Labute approximate surface area is 208 Å². The molecule has 0 radical (unpaired) electrons. The lowest BCUT2D eigenvalue weighted by molar-refractivity contribution is -0.0120. The van der Waals surface area contributed by atoms with E-state index < -0.39 is 5.97 Å². The van der Waals surface area contributed by atoms with Crippen LogP contribution >= 0.6 is 0 Å². The van der Waals surface area contributed by atoms with Gasteiger partial charge in [0, 0.05) is 23.1 Å². The smallest absolute Gasteiger partial charge is 0.335 e. The van der Waals surface area contributed by atoms with Gasteiger partial charge in [-0.1, -0.05) is 18.2 Å². The summed E-state index contributed by atoms with van der Waals surface area (Å²) in [6.45, 7) is 4.86. The molecular formula is C30H36O5. The van der Waals surface area contributed by atoms with Crippen LogP contribution in [0.15, 0.2) is 36.4 Å². The molecule has 4 aliphatic rings. The minimum Gasteiger partial charge on any atom is -0.496 e. The van der Waals surface area contributed by atoms with Crippen molar-refractivity contribution in [1.29, 1.82) is 0 Å². The van der Waals surface area contributed by atoms with E-state index in [1.807, 2.05) is 19.1 Å². The van der Waals surface area contributed by atoms with Gasteiger partial charge in [-0.05, 0) is 106 Å². The van der Waals surface area contributed by atoms with Crippen LogP contribution in [0.5, 0.6) is 11.5 Å². The van der Waals surface area contributed by atoms with Crippen LogP contribution in [0.3, 0.4) is 0 Å². The summed E-state index contributed by atoms with van der Waals surface area (Å²) in [6, 6.07) is 11.2. The van der Waals surface area contributed by atoms with Crippen molar-refractivity contribution in [2.24, 2.45) is 17.8 Å². The molecule has 5 heteroatoms. The molecule has 0 atom stereocenters. The molecule has 0 saturated heterocycles. The summed E-state index contributed by atoms with van der Waals surface area (Å²) >= 11 is 0. The quantitative estimate of drug-likeness (QED) is 0.245. The Balaban J connectivity index is 1.59. The van der Waals surface area contributed by atoms with Crippen molar-refractivity contribution in [1.82, 2.24) is 0 Å². The van der Waals surface area contributed by atoms with Crippen molar-refractivity contribution in [2.45, 2.75) is 57.8 Å². The summed E-state index contributed by atoms with van der Waals surface area (Å²) in [5.41, 5.74) is 4.67. The van der Waals surface area contributed by atoms with Gasteiger partial charge in [0.1, 0.15) is 11.5 Å². The standard InChI is InChI=1S/C30H36O5/c1-4-34-18-35-28-25(19(2)11-20-5-7-24(8-6-20)29(31)32)9-10-26(33-3)27(28)30-15-21-12-22(16-30)14-23(13-21)17-30/h5-11,21-23H,4,12-18H2,1-3H3,(H,31,32). The summed E-state index contributed by atoms with van der Waals surface area (Å²) < 4.78 is 18.0. The molecule has 5 nitrogen and oxygen atoms in total. The maximum Gasteiger partial charge on any atom is 0.335 e. The predicted octanol–water partition coefficient (Wildman–Crippen LogP) is 6.79. The van der Waals surface area contributed by atoms with Gasteiger partial charge in [0.2, 0.25) is 0 Å². The van der Waals surface area contributed by atoms with Crippen LogP contribution in [0.1, 0.15) is 79.4 Å². The zero-order valence-corrected chi connectivity index (χ0v) is 21.0. The topological polar surface area (TPSA) is 65.0 Å². The predicted molar refractivity (Wildman–Crippen MR) is 137 cm³/mol. The fourth-order valence-corrected chi connectivity index (χ4v) is 7.35. The summed E-state index contributed by atoms with van der Waals surface area (Å²) in [7, 11) is 1.76. The molecule has 2 aromatic carbocycles. The molecule has 0 heterocycles. The van der Waals surface area contributed by atoms with Crippen molar-refractivity contribution in [3.05, 3.63) is 58.7 Å². The number of carboxylic acid groups (broad SMARTS) is 1. The normalized spacial score (nSPS) is 27.2. The molecule has 0 aromatic heterocycles. The van der Waals surface area contributed by atoms with Gasteiger partial charge in [-0.15, -0.1) is 0 Å². The average Bonchev–Trinajstić information content (AvgIpc) is 2.83. The summed E-state index contributed by atoms with van der Waals surface area (Å²) in [5, 5.41) is 9.22. The Bertz CT molecular complexity index is 1080. The van der Waals surface area contributed by atoms with Gasteiger partial charge in [-0.3, -0.25) is 0 Å². The summed E-state index contributed by atoms with van der Waals surface area (Å²) in [5.74, 6) is 3.30. The van der Waals surface area contributed by atoms with Crippen LogP contribution < -0.4 is 9.47 Å². The molecule has 6 rings (SSSR count). The Morgan fingerprint density at radius 2 is 1.66 bits per heavy atom. The zero-order chi connectivity index (χ0) is 24.6. The fraction of sp³-hybridized carbons (Fsp3) is 0.500. The number of benzene rings is 2.